The summed E-state index contributed by atoms with van der Waals surface area (Å²) < 4.78 is 0. The van der Waals surface area contributed by atoms with Crippen LogP contribution in [-0.2, 0) is 11.2 Å². The van der Waals surface area contributed by atoms with Crippen LogP contribution >= 0.6 is 11.3 Å². The van der Waals surface area contributed by atoms with Crippen molar-refractivity contribution < 1.29 is 9.90 Å². The third kappa shape index (κ3) is 3.56. The fourth-order valence-corrected chi connectivity index (χ4v) is 3.39. The zero-order valence-corrected chi connectivity index (χ0v) is 11.7. The summed E-state index contributed by atoms with van der Waals surface area (Å²) in [5.74, 6) is -0.721. The molecular weight excluding hydrogens is 246 g/mol. The molecule has 0 radical (unpaired) electrons. The van der Waals surface area contributed by atoms with Crippen molar-refractivity contribution in [2.45, 2.75) is 38.1 Å². The molecule has 0 aromatic carbocycles. The predicted molar refractivity (Wildman–Crippen MR) is 74.0 cm³/mol. The van der Waals surface area contributed by atoms with Gasteiger partial charge < -0.3 is 10.0 Å². The predicted octanol–water partition coefficient (Wildman–Crippen LogP) is 2.87. The Hall–Kier alpha value is -0.870. The molecule has 1 N–H and O–H groups in total. The number of likely N-dealkylation sites (N-methyl/N-ethyl adjacent to an activating group) is 1. The molecule has 0 aliphatic heterocycles. The fourth-order valence-electron chi connectivity index (χ4n) is 2.69. The summed E-state index contributed by atoms with van der Waals surface area (Å²) in [7, 11) is 2.17. The summed E-state index contributed by atoms with van der Waals surface area (Å²) in [6.45, 7) is 1.07. The molecule has 1 aliphatic rings. The van der Waals surface area contributed by atoms with Crippen LogP contribution in [0.15, 0.2) is 17.5 Å². The lowest BCUT2D eigenvalue weighted by Gasteiger charge is -2.33. The lowest BCUT2D eigenvalue weighted by Crippen LogP contribution is -2.37. The highest BCUT2D eigenvalue weighted by Crippen LogP contribution is 2.27. The molecule has 0 saturated heterocycles. The van der Waals surface area contributed by atoms with E-state index >= 15 is 0 Å². The van der Waals surface area contributed by atoms with Crippen LogP contribution in [0, 0.1) is 5.92 Å². The molecular formula is C14H21NO2S. The van der Waals surface area contributed by atoms with Crippen LogP contribution in [0.2, 0.25) is 0 Å². The highest BCUT2D eigenvalue weighted by molar-refractivity contribution is 7.09. The van der Waals surface area contributed by atoms with E-state index in [0.717, 1.165) is 38.6 Å². The van der Waals surface area contributed by atoms with Crippen molar-refractivity contribution in [2.75, 3.05) is 13.6 Å². The standard InChI is InChI=1S/C14H21NO2S/c1-15(9-8-13-3-2-10-18-13)12-6-4-11(5-7-12)14(16)17/h2-3,10-12H,4-9H2,1H3,(H,16,17). The second kappa shape index (κ2) is 6.34. The van der Waals surface area contributed by atoms with Gasteiger partial charge in [0.15, 0.2) is 0 Å². The Morgan fingerprint density at radius 3 is 2.72 bits per heavy atom. The molecule has 100 valence electrons. The van der Waals surface area contributed by atoms with Gasteiger partial charge in [-0.05, 0) is 50.6 Å². The largest absolute Gasteiger partial charge is 0.481 e. The van der Waals surface area contributed by atoms with Crippen molar-refractivity contribution >= 4 is 17.3 Å². The lowest BCUT2D eigenvalue weighted by atomic mass is 9.85. The van der Waals surface area contributed by atoms with Gasteiger partial charge in [0.2, 0.25) is 0 Å². The Kier molecular flexibility index (Phi) is 4.78. The fraction of sp³-hybridized carbons (Fsp3) is 0.643. The third-order valence-electron chi connectivity index (χ3n) is 3.96. The van der Waals surface area contributed by atoms with E-state index in [1.165, 1.54) is 4.88 Å². The topological polar surface area (TPSA) is 40.5 Å². The monoisotopic (exact) mass is 267 g/mol. The zero-order valence-electron chi connectivity index (χ0n) is 10.8. The SMILES string of the molecule is CN(CCc1cccs1)C1CCC(C(=O)O)CC1. The lowest BCUT2D eigenvalue weighted by molar-refractivity contribution is -0.143. The van der Waals surface area contributed by atoms with Gasteiger partial charge in [0, 0.05) is 17.5 Å². The Morgan fingerprint density at radius 1 is 1.44 bits per heavy atom. The van der Waals surface area contributed by atoms with Gasteiger partial charge in [-0.15, -0.1) is 11.3 Å². The number of hydrogen-bond donors (Lipinski definition) is 1. The van der Waals surface area contributed by atoms with Gasteiger partial charge in [-0.2, -0.15) is 0 Å². The van der Waals surface area contributed by atoms with E-state index in [2.05, 4.69) is 29.5 Å². The van der Waals surface area contributed by atoms with E-state index in [0.29, 0.717) is 6.04 Å². The van der Waals surface area contributed by atoms with Crippen molar-refractivity contribution in [3.8, 4) is 0 Å². The number of aliphatic carboxylic acids is 1. The first-order chi connectivity index (χ1) is 8.66. The number of carbonyl (C=O) groups is 1. The molecule has 0 atom stereocenters. The Morgan fingerprint density at radius 2 is 2.17 bits per heavy atom. The molecule has 1 aromatic rings. The number of carboxylic acids is 1. The Bertz CT molecular complexity index is 369. The van der Waals surface area contributed by atoms with Crippen molar-refractivity contribution in [3.63, 3.8) is 0 Å². The molecule has 1 saturated carbocycles. The maximum Gasteiger partial charge on any atom is 0.306 e. The normalized spacial score (nSPS) is 24.3. The average Bonchev–Trinajstić information content (AvgIpc) is 2.89. The highest BCUT2D eigenvalue weighted by atomic mass is 32.1. The van der Waals surface area contributed by atoms with Crippen LogP contribution in [0.1, 0.15) is 30.6 Å². The Balaban J connectivity index is 1.73. The molecule has 0 bridgehead atoms. The quantitative estimate of drug-likeness (QED) is 0.892. The van der Waals surface area contributed by atoms with Gasteiger partial charge in [-0.1, -0.05) is 6.07 Å². The zero-order chi connectivity index (χ0) is 13.0. The Labute approximate surface area is 112 Å². The summed E-state index contributed by atoms with van der Waals surface area (Å²) in [5, 5.41) is 11.1. The minimum atomic E-state index is -0.616. The third-order valence-corrected chi connectivity index (χ3v) is 4.90. The minimum Gasteiger partial charge on any atom is -0.481 e. The molecule has 4 heteroatoms. The van der Waals surface area contributed by atoms with Crippen molar-refractivity contribution in [3.05, 3.63) is 22.4 Å². The summed E-state index contributed by atoms with van der Waals surface area (Å²) >= 11 is 1.81. The number of rotatable bonds is 5. The van der Waals surface area contributed by atoms with E-state index in [9.17, 15) is 4.79 Å². The average molecular weight is 267 g/mol. The molecule has 1 heterocycles. The van der Waals surface area contributed by atoms with Gasteiger partial charge >= 0.3 is 5.97 Å². The van der Waals surface area contributed by atoms with Crippen LogP contribution in [-0.4, -0.2) is 35.6 Å². The van der Waals surface area contributed by atoms with Crippen LogP contribution < -0.4 is 0 Å². The van der Waals surface area contributed by atoms with Crippen LogP contribution in [0.4, 0.5) is 0 Å². The van der Waals surface area contributed by atoms with Gasteiger partial charge in [0.05, 0.1) is 5.92 Å². The second-order valence-corrected chi connectivity index (χ2v) is 6.19. The molecule has 2 rings (SSSR count). The molecule has 3 nitrogen and oxygen atoms in total. The summed E-state index contributed by atoms with van der Waals surface area (Å²) in [4.78, 5) is 14.7. The van der Waals surface area contributed by atoms with Gasteiger partial charge in [0.1, 0.15) is 0 Å². The maximum atomic E-state index is 10.9. The maximum absolute atomic E-state index is 10.9. The molecule has 1 aliphatic carbocycles. The van der Waals surface area contributed by atoms with E-state index in [-0.39, 0.29) is 5.92 Å². The molecule has 1 aromatic heterocycles. The smallest absolute Gasteiger partial charge is 0.306 e. The summed E-state index contributed by atoms with van der Waals surface area (Å²) in [6, 6.07) is 4.85. The number of thiophene rings is 1. The molecule has 0 spiro atoms. The van der Waals surface area contributed by atoms with E-state index in [4.69, 9.17) is 5.11 Å². The van der Waals surface area contributed by atoms with Crippen molar-refractivity contribution in [1.29, 1.82) is 0 Å². The number of carboxylic acid groups (broad SMARTS) is 1. The second-order valence-electron chi connectivity index (χ2n) is 5.15. The first-order valence-corrected chi connectivity index (χ1v) is 7.50. The minimum absolute atomic E-state index is 0.105. The van der Waals surface area contributed by atoms with Gasteiger partial charge in [-0.3, -0.25) is 4.79 Å². The van der Waals surface area contributed by atoms with E-state index in [1.807, 2.05) is 11.3 Å². The summed E-state index contributed by atoms with van der Waals surface area (Å²) in [5.41, 5.74) is 0. The number of nitrogens with zero attached hydrogens (tertiary/aromatic N) is 1. The van der Waals surface area contributed by atoms with Crippen LogP contribution in [0.3, 0.4) is 0 Å². The molecule has 0 unspecified atom stereocenters. The van der Waals surface area contributed by atoms with Crippen molar-refractivity contribution in [2.24, 2.45) is 5.92 Å². The summed E-state index contributed by atoms with van der Waals surface area (Å²) in [6.07, 6.45) is 4.83. The number of hydrogen-bond acceptors (Lipinski definition) is 3. The highest BCUT2D eigenvalue weighted by Gasteiger charge is 2.27. The molecule has 1 fully saturated rings. The first-order valence-electron chi connectivity index (χ1n) is 6.62. The molecule has 0 amide bonds. The molecule has 18 heavy (non-hydrogen) atoms. The van der Waals surface area contributed by atoms with E-state index in [1.54, 1.807) is 0 Å². The van der Waals surface area contributed by atoms with E-state index < -0.39 is 5.97 Å². The van der Waals surface area contributed by atoms with Gasteiger partial charge in [-0.25, -0.2) is 0 Å². The first kappa shape index (κ1) is 13.6. The van der Waals surface area contributed by atoms with Gasteiger partial charge in [0.25, 0.3) is 0 Å². The van der Waals surface area contributed by atoms with Crippen molar-refractivity contribution in [1.82, 2.24) is 4.90 Å². The van der Waals surface area contributed by atoms with Crippen LogP contribution in [0.5, 0.6) is 0 Å². The van der Waals surface area contributed by atoms with Crippen LogP contribution in [0.25, 0.3) is 0 Å².